The van der Waals surface area contributed by atoms with Gasteiger partial charge >= 0.3 is 0 Å². The second-order valence-corrected chi connectivity index (χ2v) is 8.40. The lowest BCUT2D eigenvalue weighted by Gasteiger charge is -2.41. The van der Waals surface area contributed by atoms with Gasteiger partial charge in [-0.2, -0.15) is 0 Å². The lowest BCUT2D eigenvalue weighted by molar-refractivity contribution is -0.133. The maximum atomic E-state index is 12.9. The Morgan fingerprint density at radius 1 is 1.21 bits per heavy atom. The molecule has 1 aliphatic carbocycles. The van der Waals surface area contributed by atoms with Gasteiger partial charge in [0.15, 0.2) is 0 Å². The van der Waals surface area contributed by atoms with Gasteiger partial charge in [-0.15, -0.1) is 0 Å². The Kier molecular flexibility index (Phi) is 4.48. The molecule has 0 unspecified atom stereocenters. The molecule has 0 atom stereocenters. The number of hydrogen-bond donors (Lipinski definition) is 0. The number of halogens is 2. The highest BCUT2D eigenvalue weighted by molar-refractivity contribution is 5.78. The summed E-state index contributed by atoms with van der Waals surface area (Å²) in [7, 11) is 0. The molecule has 4 heterocycles. The standard InChI is InChI=1S/C22H24F2N4O/c1-13-16-3-2-4-17(16)18-11-28(12-20(18)26-13)21(29)7-14-9-27(10-14)15-5-6-25-19(8-15)22(23)24/h5-6,8,14,22H,2-4,7,9-12H2,1H3. The lowest BCUT2D eigenvalue weighted by Crippen LogP contribution is -2.48. The fraction of sp³-hybridized carbons (Fsp3) is 0.500. The second-order valence-electron chi connectivity index (χ2n) is 8.40. The van der Waals surface area contributed by atoms with Crippen molar-refractivity contribution in [3.63, 3.8) is 0 Å². The number of alkyl halides is 2. The molecule has 7 heteroatoms. The van der Waals surface area contributed by atoms with Crippen LogP contribution in [0.15, 0.2) is 18.3 Å². The van der Waals surface area contributed by atoms with Crippen LogP contribution in [0.25, 0.3) is 0 Å². The summed E-state index contributed by atoms with van der Waals surface area (Å²) in [5.41, 5.74) is 6.86. The molecule has 29 heavy (non-hydrogen) atoms. The average molecular weight is 398 g/mol. The van der Waals surface area contributed by atoms with Gasteiger partial charge in [0.2, 0.25) is 5.91 Å². The van der Waals surface area contributed by atoms with Crippen molar-refractivity contribution in [1.29, 1.82) is 0 Å². The van der Waals surface area contributed by atoms with Crippen LogP contribution >= 0.6 is 0 Å². The average Bonchev–Trinajstić information content (AvgIpc) is 3.31. The van der Waals surface area contributed by atoms with E-state index in [-0.39, 0.29) is 17.5 Å². The van der Waals surface area contributed by atoms with E-state index in [2.05, 4.69) is 11.9 Å². The zero-order valence-corrected chi connectivity index (χ0v) is 16.5. The number of fused-ring (bicyclic) bond motifs is 3. The van der Waals surface area contributed by atoms with Crippen molar-refractivity contribution in [2.24, 2.45) is 5.92 Å². The molecule has 2 aliphatic heterocycles. The minimum Gasteiger partial charge on any atom is -0.371 e. The number of nitrogens with zero attached hydrogens (tertiary/aromatic N) is 4. The summed E-state index contributed by atoms with van der Waals surface area (Å²) in [6, 6.07) is 3.18. The zero-order valence-electron chi connectivity index (χ0n) is 16.5. The number of amides is 1. The molecule has 5 rings (SSSR count). The SMILES string of the molecule is Cc1nc2c(c3c1CCC3)CN(C(=O)CC1CN(c3ccnc(C(F)F)c3)C1)C2. The summed E-state index contributed by atoms with van der Waals surface area (Å²) in [6.45, 7) is 4.80. The van der Waals surface area contributed by atoms with Crippen LogP contribution in [0.4, 0.5) is 14.5 Å². The Labute approximate surface area is 168 Å². The van der Waals surface area contributed by atoms with Gasteiger partial charge in [0.1, 0.15) is 5.69 Å². The fourth-order valence-electron chi connectivity index (χ4n) is 4.95. The van der Waals surface area contributed by atoms with Crippen molar-refractivity contribution in [3.8, 4) is 0 Å². The summed E-state index contributed by atoms with van der Waals surface area (Å²) in [4.78, 5) is 25.3. The van der Waals surface area contributed by atoms with Crippen LogP contribution in [0.2, 0.25) is 0 Å². The molecule has 1 amide bonds. The first-order chi connectivity index (χ1) is 14.0. The maximum absolute atomic E-state index is 12.9. The first kappa shape index (κ1) is 18.5. The molecule has 2 aromatic rings. The molecule has 2 aromatic heterocycles. The molecule has 0 radical (unpaired) electrons. The number of aromatic nitrogens is 2. The van der Waals surface area contributed by atoms with Crippen LogP contribution < -0.4 is 4.90 Å². The summed E-state index contributed by atoms with van der Waals surface area (Å²) < 4.78 is 25.7. The van der Waals surface area contributed by atoms with Crippen LogP contribution in [-0.4, -0.2) is 33.9 Å². The quantitative estimate of drug-likeness (QED) is 0.790. The number of carbonyl (C=O) groups excluding carboxylic acids is 1. The van der Waals surface area contributed by atoms with Crippen molar-refractivity contribution in [3.05, 3.63) is 52.1 Å². The minimum atomic E-state index is -2.57. The molecule has 0 N–H and O–H groups in total. The van der Waals surface area contributed by atoms with Gasteiger partial charge in [-0.3, -0.25) is 14.8 Å². The summed E-state index contributed by atoms with van der Waals surface area (Å²) >= 11 is 0. The molecule has 152 valence electrons. The van der Waals surface area contributed by atoms with E-state index in [1.54, 1.807) is 6.07 Å². The van der Waals surface area contributed by atoms with Crippen LogP contribution in [-0.2, 0) is 30.7 Å². The Balaban J connectivity index is 1.19. The van der Waals surface area contributed by atoms with Crippen LogP contribution in [0.5, 0.6) is 0 Å². The van der Waals surface area contributed by atoms with E-state index in [4.69, 9.17) is 4.98 Å². The van der Waals surface area contributed by atoms with E-state index in [0.717, 1.165) is 29.9 Å². The zero-order chi connectivity index (χ0) is 20.1. The molecular weight excluding hydrogens is 374 g/mol. The Morgan fingerprint density at radius 2 is 2.00 bits per heavy atom. The summed E-state index contributed by atoms with van der Waals surface area (Å²) in [5.74, 6) is 0.426. The summed E-state index contributed by atoms with van der Waals surface area (Å²) in [6.07, 6.45) is 2.75. The third kappa shape index (κ3) is 3.26. The Bertz CT molecular complexity index is 972. The van der Waals surface area contributed by atoms with Gasteiger partial charge in [-0.1, -0.05) is 0 Å². The normalized spacial score (nSPS) is 18.2. The van der Waals surface area contributed by atoms with Gasteiger partial charge in [0.25, 0.3) is 6.43 Å². The Hall–Kier alpha value is -2.57. The first-order valence-corrected chi connectivity index (χ1v) is 10.3. The number of carbonyl (C=O) groups is 1. The first-order valence-electron chi connectivity index (χ1n) is 10.3. The molecular formula is C22H24F2N4O. The topological polar surface area (TPSA) is 49.3 Å². The fourth-order valence-corrected chi connectivity index (χ4v) is 4.95. The smallest absolute Gasteiger partial charge is 0.280 e. The molecule has 0 spiro atoms. The molecule has 5 nitrogen and oxygen atoms in total. The molecule has 0 bridgehead atoms. The van der Waals surface area contributed by atoms with Gasteiger partial charge in [-0.05, 0) is 55.0 Å². The van der Waals surface area contributed by atoms with Crippen molar-refractivity contribution in [2.45, 2.75) is 52.1 Å². The van der Waals surface area contributed by atoms with E-state index in [0.29, 0.717) is 32.6 Å². The highest BCUT2D eigenvalue weighted by Crippen LogP contribution is 2.35. The number of aryl methyl sites for hydroxylation is 1. The largest absolute Gasteiger partial charge is 0.371 e. The van der Waals surface area contributed by atoms with Crippen molar-refractivity contribution in [2.75, 3.05) is 18.0 Å². The third-order valence-corrected chi connectivity index (χ3v) is 6.49. The maximum Gasteiger partial charge on any atom is 0.280 e. The molecule has 3 aliphatic rings. The van der Waals surface area contributed by atoms with Crippen molar-refractivity contribution in [1.82, 2.24) is 14.9 Å². The van der Waals surface area contributed by atoms with E-state index < -0.39 is 6.43 Å². The van der Waals surface area contributed by atoms with Crippen molar-refractivity contribution >= 4 is 11.6 Å². The Morgan fingerprint density at radius 3 is 2.79 bits per heavy atom. The predicted octanol–water partition coefficient (Wildman–Crippen LogP) is 3.58. The van der Waals surface area contributed by atoms with Crippen LogP contribution in [0, 0.1) is 12.8 Å². The lowest BCUT2D eigenvalue weighted by atomic mass is 9.95. The highest BCUT2D eigenvalue weighted by Gasteiger charge is 2.34. The van der Waals surface area contributed by atoms with Crippen molar-refractivity contribution < 1.29 is 13.6 Å². The van der Waals surface area contributed by atoms with E-state index in [1.165, 1.54) is 35.4 Å². The highest BCUT2D eigenvalue weighted by atomic mass is 19.3. The van der Waals surface area contributed by atoms with E-state index in [1.807, 2.05) is 9.80 Å². The molecule has 1 saturated heterocycles. The predicted molar refractivity (Wildman–Crippen MR) is 105 cm³/mol. The monoisotopic (exact) mass is 398 g/mol. The number of hydrogen-bond acceptors (Lipinski definition) is 4. The number of pyridine rings is 2. The van der Waals surface area contributed by atoms with Gasteiger partial charge in [-0.25, -0.2) is 8.78 Å². The number of anilines is 1. The van der Waals surface area contributed by atoms with E-state index >= 15 is 0 Å². The second kappa shape index (κ2) is 7.04. The van der Waals surface area contributed by atoms with Gasteiger partial charge < -0.3 is 9.80 Å². The number of rotatable bonds is 4. The molecule has 0 saturated carbocycles. The van der Waals surface area contributed by atoms with Gasteiger partial charge in [0.05, 0.1) is 12.2 Å². The van der Waals surface area contributed by atoms with Gasteiger partial charge in [0, 0.05) is 49.6 Å². The van der Waals surface area contributed by atoms with E-state index in [9.17, 15) is 13.6 Å². The third-order valence-electron chi connectivity index (χ3n) is 6.49. The molecule has 1 fully saturated rings. The summed E-state index contributed by atoms with van der Waals surface area (Å²) in [5, 5.41) is 0. The van der Waals surface area contributed by atoms with Crippen LogP contribution in [0.1, 0.15) is 53.0 Å². The van der Waals surface area contributed by atoms with Crippen LogP contribution in [0.3, 0.4) is 0 Å². The molecule has 0 aromatic carbocycles. The minimum absolute atomic E-state index is 0.167.